The lowest BCUT2D eigenvalue weighted by Crippen LogP contribution is -2.28. The van der Waals surface area contributed by atoms with E-state index in [0.717, 1.165) is 28.6 Å². The normalized spacial score (nSPS) is 13.5. The first-order chi connectivity index (χ1) is 12.6. The van der Waals surface area contributed by atoms with Crippen LogP contribution in [-0.4, -0.2) is 27.8 Å². The predicted octanol–water partition coefficient (Wildman–Crippen LogP) is 2.10. The molecule has 0 aliphatic heterocycles. The van der Waals surface area contributed by atoms with Crippen LogP contribution in [0.1, 0.15) is 39.4 Å². The number of hydrogen-bond donors (Lipinski definition) is 3. The van der Waals surface area contributed by atoms with Gasteiger partial charge in [0.15, 0.2) is 5.13 Å². The molecule has 26 heavy (non-hydrogen) atoms. The molecule has 7 nitrogen and oxygen atoms in total. The summed E-state index contributed by atoms with van der Waals surface area (Å²) in [6.07, 6.45) is 2.00. The summed E-state index contributed by atoms with van der Waals surface area (Å²) in [7, 11) is 0. The zero-order valence-corrected chi connectivity index (χ0v) is 14.7. The lowest BCUT2D eigenvalue weighted by atomic mass is 10.2. The minimum absolute atomic E-state index is 0.219. The molecule has 2 heterocycles. The molecule has 3 aromatic rings. The maximum Gasteiger partial charge on any atom is 0.270 e. The Kier molecular flexibility index (Phi) is 4.26. The molecule has 4 rings (SSSR count). The molecule has 4 N–H and O–H groups in total. The molecule has 1 aliphatic carbocycles. The number of carbonyl (C=O) groups is 2. The highest BCUT2D eigenvalue weighted by Crippen LogP contribution is 2.24. The highest BCUT2D eigenvalue weighted by atomic mass is 32.1. The summed E-state index contributed by atoms with van der Waals surface area (Å²) in [5, 5.41) is 6.21. The number of aromatic nitrogens is 2. The Labute approximate surface area is 153 Å². The monoisotopic (exact) mass is 367 g/mol. The van der Waals surface area contributed by atoms with Gasteiger partial charge in [0.2, 0.25) is 0 Å². The Balaban J connectivity index is 1.42. The van der Waals surface area contributed by atoms with Crippen LogP contribution in [0.2, 0.25) is 0 Å². The van der Waals surface area contributed by atoms with Crippen molar-refractivity contribution in [2.75, 3.05) is 5.73 Å². The smallest absolute Gasteiger partial charge is 0.270 e. The number of pyridine rings is 1. The Morgan fingerprint density at radius 1 is 1.12 bits per heavy atom. The van der Waals surface area contributed by atoms with Crippen molar-refractivity contribution in [1.29, 1.82) is 0 Å². The van der Waals surface area contributed by atoms with Crippen LogP contribution in [-0.2, 0) is 6.54 Å². The van der Waals surface area contributed by atoms with Gasteiger partial charge in [-0.2, -0.15) is 0 Å². The van der Waals surface area contributed by atoms with E-state index in [1.807, 2.05) is 18.2 Å². The van der Waals surface area contributed by atoms with E-state index < -0.39 is 0 Å². The summed E-state index contributed by atoms with van der Waals surface area (Å²) in [5.74, 6) is -0.564. The number of fused-ring (bicyclic) bond motifs is 1. The molecule has 1 aromatic carbocycles. The van der Waals surface area contributed by atoms with E-state index in [1.54, 1.807) is 18.2 Å². The molecule has 2 aromatic heterocycles. The molecule has 1 saturated carbocycles. The molecule has 8 heteroatoms. The van der Waals surface area contributed by atoms with E-state index >= 15 is 0 Å². The number of carbonyl (C=O) groups excluding carboxylic acids is 2. The quantitative estimate of drug-likeness (QED) is 0.640. The standard InChI is InChI=1S/C18H17N5O2S/c19-18-23-12-7-4-10(8-15(12)26-18)9-20-16(24)13-2-1-3-14(22-13)17(25)21-11-5-6-11/h1-4,7-8,11H,5-6,9H2,(H2,19,23)(H,20,24)(H,21,25). The number of anilines is 1. The van der Waals surface area contributed by atoms with Gasteiger partial charge in [-0.05, 0) is 42.7 Å². The summed E-state index contributed by atoms with van der Waals surface area (Å²) >= 11 is 1.41. The molecule has 0 unspecified atom stereocenters. The van der Waals surface area contributed by atoms with Gasteiger partial charge in [-0.15, -0.1) is 0 Å². The van der Waals surface area contributed by atoms with E-state index in [-0.39, 0.29) is 29.2 Å². The maximum atomic E-state index is 12.4. The van der Waals surface area contributed by atoms with E-state index in [2.05, 4.69) is 20.6 Å². The highest BCUT2D eigenvalue weighted by Gasteiger charge is 2.24. The van der Waals surface area contributed by atoms with Crippen molar-refractivity contribution in [3.8, 4) is 0 Å². The van der Waals surface area contributed by atoms with Crippen molar-refractivity contribution in [3.63, 3.8) is 0 Å². The summed E-state index contributed by atoms with van der Waals surface area (Å²) in [4.78, 5) is 32.8. The predicted molar refractivity (Wildman–Crippen MR) is 99.9 cm³/mol. The number of nitrogen functional groups attached to an aromatic ring is 1. The number of rotatable bonds is 5. The molecule has 132 valence electrons. The number of hydrogen-bond acceptors (Lipinski definition) is 6. The van der Waals surface area contributed by atoms with E-state index in [1.165, 1.54) is 11.3 Å². The molecule has 0 spiro atoms. The molecule has 1 aliphatic rings. The van der Waals surface area contributed by atoms with Crippen molar-refractivity contribution in [2.45, 2.75) is 25.4 Å². The summed E-state index contributed by atoms with van der Waals surface area (Å²) in [6.45, 7) is 0.354. The molecule has 0 atom stereocenters. The third kappa shape index (κ3) is 3.65. The number of amides is 2. The second-order valence-corrected chi connectivity index (χ2v) is 7.25. The van der Waals surface area contributed by atoms with Gasteiger partial charge in [0, 0.05) is 12.6 Å². The first-order valence-corrected chi connectivity index (χ1v) is 9.11. The van der Waals surface area contributed by atoms with Gasteiger partial charge >= 0.3 is 0 Å². The van der Waals surface area contributed by atoms with Gasteiger partial charge in [0.05, 0.1) is 10.2 Å². The molecule has 2 amide bonds. The van der Waals surface area contributed by atoms with Crippen molar-refractivity contribution in [1.82, 2.24) is 20.6 Å². The zero-order chi connectivity index (χ0) is 18.1. The van der Waals surface area contributed by atoms with Crippen LogP contribution in [0.25, 0.3) is 10.2 Å². The van der Waals surface area contributed by atoms with Crippen LogP contribution in [0.3, 0.4) is 0 Å². The van der Waals surface area contributed by atoms with E-state index in [0.29, 0.717) is 11.7 Å². The number of nitrogens with two attached hydrogens (primary N) is 1. The van der Waals surface area contributed by atoms with Gasteiger partial charge in [-0.25, -0.2) is 9.97 Å². The third-order valence-corrected chi connectivity index (χ3v) is 4.90. The van der Waals surface area contributed by atoms with Crippen LogP contribution < -0.4 is 16.4 Å². The number of benzene rings is 1. The Morgan fingerprint density at radius 3 is 2.65 bits per heavy atom. The van der Waals surface area contributed by atoms with Gasteiger partial charge in [-0.1, -0.05) is 23.5 Å². The van der Waals surface area contributed by atoms with Crippen molar-refractivity contribution >= 4 is 38.5 Å². The molecule has 1 fully saturated rings. The van der Waals surface area contributed by atoms with Crippen LogP contribution in [0.5, 0.6) is 0 Å². The lowest BCUT2D eigenvalue weighted by molar-refractivity contribution is 0.0942. The molecular formula is C18H17N5O2S. The Morgan fingerprint density at radius 2 is 1.88 bits per heavy atom. The van der Waals surface area contributed by atoms with E-state index in [4.69, 9.17) is 5.73 Å². The van der Waals surface area contributed by atoms with Crippen molar-refractivity contribution in [2.24, 2.45) is 0 Å². The largest absolute Gasteiger partial charge is 0.375 e. The fourth-order valence-electron chi connectivity index (χ4n) is 2.54. The Bertz CT molecular complexity index is 996. The van der Waals surface area contributed by atoms with Gasteiger partial charge in [0.25, 0.3) is 11.8 Å². The lowest BCUT2D eigenvalue weighted by Gasteiger charge is -2.07. The van der Waals surface area contributed by atoms with E-state index in [9.17, 15) is 9.59 Å². The second-order valence-electron chi connectivity index (χ2n) is 6.19. The fraction of sp³-hybridized carbons (Fsp3) is 0.222. The first kappa shape index (κ1) is 16.5. The van der Waals surface area contributed by atoms with Gasteiger partial charge in [0.1, 0.15) is 11.4 Å². The summed E-state index contributed by atoms with van der Waals surface area (Å²) < 4.78 is 0.978. The average molecular weight is 367 g/mol. The number of nitrogens with zero attached hydrogens (tertiary/aromatic N) is 2. The van der Waals surface area contributed by atoms with Crippen molar-refractivity contribution in [3.05, 3.63) is 53.3 Å². The first-order valence-electron chi connectivity index (χ1n) is 8.29. The van der Waals surface area contributed by atoms with Crippen LogP contribution in [0, 0.1) is 0 Å². The topological polar surface area (TPSA) is 110 Å². The van der Waals surface area contributed by atoms with Crippen LogP contribution in [0.15, 0.2) is 36.4 Å². The summed E-state index contributed by atoms with van der Waals surface area (Å²) in [5.41, 5.74) is 7.97. The molecule has 0 bridgehead atoms. The second kappa shape index (κ2) is 6.72. The third-order valence-electron chi connectivity index (χ3n) is 4.05. The minimum atomic E-state index is -0.324. The number of nitrogens with one attached hydrogen (secondary N) is 2. The molecular weight excluding hydrogens is 350 g/mol. The van der Waals surface area contributed by atoms with Crippen molar-refractivity contribution < 1.29 is 9.59 Å². The average Bonchev–Trinajstić information content (AvgIpc) is 3.37. The minimum Gasteiger partial charge on any atom is -0.375 e. The Hall–Kier alpha value is -3.00. The van der Waals surface area contributed by atoms with Crippen LogP contribution >= 0.6 is 11.3 Å². The maximum absolute atomic E-state index is 12.4. The fourth-order valence-corrected chi connectivity index (χ4v) is 3.34. The van der Waals surface area contributed by atoms with Gasteiger partial charge < -0.3 is 16.4 Å². The number of thiazole rings is 1. The van der Waals surface area contributed by atoms with Crippen LogP contribution in [0.4, 0.5) is 5.13 Å². The molecule has 0 radical (unpaired) electrons. The SMILES string of the molecule is Nc1nc2ccc(CNC(=O)c3cccc(C(=O)NC4CC4)n3)cc2s1. The molecule has 0 saturated heterocycles. The van der Waals surface area contributed by atoms with Gasteiger partial charge in [-0.3, -0.25) is 9.59 Å². The highest BCUT2D eigenvalue weighted by molar-refractivity contribution is 7.22. The summed E-state index contributed by atoms with van der Waals surface area (Å²) in [6, 6.07) is 10.8. The zero-order valence-electron chi connectivity index (χ0n) is 13.9.